The van der Waals surface area contributed by atoms with Crippen molar-refractivity contribution in [1.29, 1.82) is 0 Å². The summed E-state index contributed by atoms with van der Waals surface area (Å²) in [5.74, 6) is 2.18. The maximum atomic E-state index is 11.7. The van der Waals surface area contributed by atoms with Crippen molar-refractivity contribution in [2.75, 3.05) is 14.2 Å². The minimum absolute atomic E-state index is 0. The van der Waals surface area contributed by atoms with Crippen LogP contribution >= 0.6 is 24.0 Å². The number of hydrogen-bond acceptors (Lipinski definition) is 5. The number of benzene rings is 1. The van der Waals surface area contributed by atoms with Gasteiger partial charge in [-0.1, -0.05) is 18.2 Å². The number of guanidine groups is 1. The van der Waals surface area contributed by atoms with Crippen LogP contribution in [0.15, 0.2) is 39.7 Å². The average molecular weight is 515 g/mol. The van der Waals surface area contributed by atoms with Crippen LogP contribution in [-0.2, 0) is 17.8 Å². The van der Waals surface area contributed by atoms with Crippen LogP contribution in [0.1, 0.15) is 48.2 Å². The van der Waals surface area contributed by atoms with Crippen LogP contribution in [0.3, 0.4) is 0 Å². The second-order valence-electron chi connectivity index (χ2n) is 7.28. The molecule has 0 aliphatic carbocycles. The molecule has 0 atom stereocenters. The van der Waals surface area contributed by atoms with Crippen LogP contribution in [-0.4, -0.2) is 31.7 Å². The van der Waals surface area contributed by atoms with Gasteiger partial charge in [-0.3, -0.25) is 4.99 Å². The predicted molar refractivity (Wildman–Crippen MR) is 124 cm³/mol. The summed E-state index contributed by atoms with van der Waals surface area (Å²) in [6, 6.07) is 9.57. The van der Waals surface area contributed by atoms with E-state index in [0.717, 1.165) is 11.3 Å². The number of carbonyl (C=O) groups is 1. The summed E-state index contributed by atoms with van der Waals surface area (Å²) in [5, 5.41) is 6.44. The molecule has 1 aromatic heterocycles. The maximum absolute atomic E-state index is 11.7. The first-order chi connectivity index (χ1) is 13.2. The molecule has 7 nitrogen and oxygen atoms in total. The molecule has 2 aromatic rings. The van der Waals surface area contributed by atoms with Gasteiger partial charge in [0.25, 0.3) is 0 Å². The van der Waals surface area contributed by atoms with Gasteiger partial charge in [0.15, 0.2) is 5.96 Å². The summed E-state index contributed by atoms with van der Waals surface area (Å²) in [5.41, 5.74) is 1.18. The molecule has 0 bridgehead atoms. The molecule has 0 aliphatic rings. The molecule has 0 aliphatic heterocycles. The standard InChI is InChI=1S/C21H29N3O4.HI/c1-14-17(19(25)26-6)11-16(27-14)13-24-20(22-5)23-12-15-9-7-8-10-18(15)28-21(2,3)4;/h7-11H,12-13H2,1-6H3,(H2,22,23,24);1H. The van der Waals surface area contributed by atoms with Crippen molar-refractivity contribution in [1.82, 2.24) is 10.6 Å². The van der Waals surface area contributed by atoms with E-state index in [1.54, 1.807) is 20.0 Å². The Morgan fingerprint density at radius 2 is 1.83 bits per heavy atom. The summed E-state index contributed by atoms with van der Waals surface area (Å²) in [6.07, 6.45) is 0. The maximum Gasteiger partial charge on any atom is 0.341 e. The number of nitrogens with one attached hydrogen (secondary N) is 2. The number of rotatable bonds is 6. The number of aliphatic imine (C=N–C) groups is 1. The van der Waals surface area contributed by atoms with E-state index in [2.05, 4.69) is 15.6 Å². The molecule has 0 saturated carbocycles. The molecule has 0 radical (unpaired) electrons. The quantitative estimate of drug-likeness (QED) is 0.262. The lowest BCUT2D eigenvalue weighted by molar-refractivity contribution is 0.0598. The fourth-order valence-electron chi connectivity index (χ4n) is 2.59. The van der Waals surface area contributed by atoms with E-state index in [9.17, 15) is 4.79 Å². The summed E-state index contributed by atoms with van der Waals surface area (Å²) < 4.78 is 16.4. The minimum atomic E-state index is -0.412. The smallest absolute Gasteiger partial charge is 0.341 e. The van der Waals surface area contributed by atoms with E-state index in [-0.39, 0.29) is 29.6 Å². The molecular weight excluding hydrogens is 485 g/mol. The molecule has 0 amide bonds. The first-order valence-electron chi connectivity index (χ1n) is 9.12. The first kappa shape index (κ1) is 24.8. The zero-order valence-electron chi connectivity index (χ0n) is 17.8. The predicted octanol–water partition coefficient (Wildman–Crippen LogP) is 4.04. The largest absolute Gasteiger partial charge is 0.488 e. The molecule has 0 fully saturated rings. The second-order valence-corrected chi connectivity index (χ2v) is 7.28. The van der Waals surface area contributed by atoms with Crippen LogP contribution in [0.25, 0.3) is 0 Å². The van der Waals surface area contributed by atoms with Gasteiger partial charge in [-0.05, 0) is 39.8 Å². The van der Waals surface area contributed by atoms with Crippen LogP contribution in [0.2, 0.25) is 0 Å². The number of halogens is 1. The topological polar surface area (TPSA) is 85.1 Å². The van der Waals surface area contributed by atoms with E-state index >= 15 is 0 Å². The summed E-state index contributed by atoms with van der Waals surface area (Å²) >= 11 is 0. The molecule has 2 rings (SSSR count). The zero-order valence-corrected chi connectivity index (χ0v) is 20.1. The van der Waals surface area contributed by atoms with Gasteiger partial charge in [-0.25, -0.2) is 4.79 Å². The van der Waals surface area contributed by atoms with Crippen molar-refractivity contribution in [3.63, 3.8) is 0 Å². The molecular formula is C21H30IN3O4. The Kier molecular flexibility index (Phi) is 9.48. The molecule has 1 heterocycles. The molecule has 160 valence electrons. The number of carbonyl (C=O) groups excluding carboxylic acids is 1. The van der Waals surface area contributed by atoms with Gasteiger partial charge in [0, 0.05) is 19.2 Å². The van der Waals surface area contributed by atoms with Gasteiger partial charge < -0.3 is 24.5 Å². The molecule has 1 aromatic carbocycles. The molecule has 8 heteroatoms. The van der Waals surface area contributed by atoms with Crippen LogP contribution in [0.5, 0.6) is 5.75 Å². The normalized spacial score (nSPS) is 11.4. The van der Waals surface area contributed by atoms with Crippen molar-refractivity contribution in [3.8, 4) is 5.75 Å². The van der Waals surface area contributed by atoms with Gasteiger partial charge in [0.1, 0.15) is 28.4 Å². The SMILES string of the molecule is CN=C(NCc1cc(C(=O)OC)c(C)o1)NCc1ccccc1OC(C)(C)C.I. The minimum Gasteiger partial charge on any atom is -0.488 e. The summed E-state index contributed by atoms with van der Waals surface area (Å²) in [4.78, 5) is 15.9. The van der Waals surface area contributed by atoms with E-state index < -0.39 is 5.97 Å². The number of methoxy groups -OCH3 is 1. The highest BCUT2D eigenvalue weighted by molar-refractivity contribution is 14.0. The highest BCUT2D eigenvalue weighted by Crippen LogP contribution is 2.22. The zero-order chi connectivity index (χ0) is 20.7. The molecule has 0 unspecified atom stereocenters. The Labute approximate surface area is 189 Å². The van der Waals surface area contributed by atoms with Crippen molar-refractivity contribution >= 4 is 35.9 Å². The van der Waals surface area contributed by atoms with E-state index in [1.165, 1.54) is 7.11 Å². The lowest BCUT2D eigenvalue weighted by Crippen LogP contribution is -2.36. The first-order valence-corrected chi connectivity index (χ1v) is 9.12. The van der Waals surface area contributed by atoms with E-state index in [0.29, 0.717) is 36.1 Å². The van der Waals surface area contributed by atoms with Crippen molar-refractivity contribution in [2.24, 2.45) is 4.99 Å². The monoisotopic (exact) mass is 515 g/mol. The third kappa shape index (κ3) is 7.60. The third-order valence-corrected chi connectivity index (χ3v) is 3.86. The van der Waals surface area contributed by atoms with Gasteiger partial charge in [0.05, 0.1) is 13.7 Å². The highest BCUT2D eigenvalue weighted by atomic mass is 127. The van der Waals surface area contributed by atoms with Gasteiger partial charge in [-0.2, -0.15) is 0 Å². The van der Waals surface area contributed by atoms with Crippen LogP contribution in [0, 0.1) is 6.92 Å². The molecule has 2 N–H and O–H groups in total. The molecule has 0 spiro atoms. The second kappa shape index (κ2) is 11.1. The number of esters is 1. The Morgan fingerprint density at radius 1 is 1.17 bits per heavy atom. The number of para-hydroxylation sites is 1. The van der Waals surface area contributed by atoms with E-state index in [4.69, 9.17) is 13.9 Å². The van der Waals surface area contributed by atoms with Crippen molar-refractivity contribution in [2.45, 2.75) is 46.4 Å². The number of aryl methyl sites for hydroxylation is 1. The number of hydrogen-bond donors (Lipinski definition) is 2. The average Bonchev–Trinajstić information content (AvgIpc) is 3.02. The third-order valence-electron chi connectivity index (χ3n) is 3.86. The fraction of sp³-hybridized carbons (Fsp3) is 0.429. The lowest BCUT2D eigenvalue weighted by atomic mass is 10.1. The van der Waals surface area contributed by atoms with Crippen molar-refractivity contribution < 1.29 is 18.7 Å². The fourth-order valence-corrected chi connectivity index (χ4v) is 2.59. The summed E-state index contributed by atoms with van der Waals surface area (Å²) in [7, 11) is 3.04. The highest BCUT2D eigenvalue weighted by Gasteiger charge is 2.16. The Morgan fingerprint density at radius 3 is 2.45 bits per heavy atom. The number of nitrogens with zero attached hydrogens (tertiary/aromatic N) is 1. The van der Waals surface area contributed by atoms with Crippen LogP contribution < -0.4 is 15.4 Å². The lowest BCUT2D eigenvalue weighted by Gasteiger charge is -2.23. The van der Waals surface area contributed by atoms with E-state index in [1.807, 2.05) is 45.0 Å². The Balaban J connectivity index is 0.00000420. The van der Waals surface area contributed by atoms with Gasteiger partial charge in [0.2, 0.25) is 0 Å². The van der Waals surface area contributed by atoms with Gasteiger partial charge >= 0.3 is 5.97 Å². The molecule has 29 heavy (non-hydrogen) atoms. The van der Waals surface area contributed by atoms with Crippen molar-refractivity contribution in [3.05, 3.63) is 53.0 Å². The number of furan rings is 1. The summed E-state index contributed by atoms with van der Waals surface area (Å²) in [6.45, 7) is 8.73. The number of ether oxygens (including phenoxy) is 2. The Bertz CT molecular complexity index is 841. The van der Waals surface area contributed by atoms with Crippen LogP contribution in [0.4, 0.5) is 0 Å². The molecule has 0 saturated heterocycles. The van der Waals surface area contributed by atoms with Gasteiger partial charge in [-0.15, -0.1) is 24.0 Å². The Hall–Kier alpha value is -2.23.